The molecule has 4 aromatic rings. The van der Waals surface area contributed by atoms with Crippen LogP contribution in [0.4, 0.5) is 5.95 Å². The molecular weight excluding hydrogens is 482 g/mol. The highest BCUT2D eigenvalue weighted by Gasteiger charge is 2.22. The molecule has 1 amide bonds. The van der Waals surface area contributed by atoms with E-state index < -0.39 is 0 Å². The molecule has 200 valence electrons. The van der Waals surface area contributed by atoms with Gasteiger partial charge in [0.1, 0.15) is 0 Å². The number of hydrogen-bond donors (Lipinski definition) is 1. The molecule has 2 aliphatic heterocycles. The summed E-state index contributed by atoms with van der Waals surface area (Å²) in [4.78, 5) is 26.1. The van der Waals surface area contributed by atoms with Gasteiger partial charge in [0.2, 0.25) is 11.9 Å². The minimum atomic E-state index is 0.141. The summed E-state index contributed by atoms with van der Waals surface area (Å²) in [5, 5.41) is 4.71. The van der Waals surface area contributed by atoms with Gasteiger partial charge in [-0.25, -0.2) is 9.97 Å². The van der Waals surface area contributed by atoms with E-state index in [2.05, 4.69) is 84.7 Å². The van der Waals surface area contributed by atoms with Crippen LogP contribution in [0.3, 0.4) is 0 Å². The maximum absolute atomic E-state index is 11.9. The smallest absolute Gasteiger partial charge is 0.223 e. The van der Waals surface area contributed by atoms with Gasteiger partial charge in [0.15, 0.2) is 0 Å². The Morgan fingerprint density at radius 2 is 1.77 bits per heavy atom. The summed E-state index contributed by atoms with van der Waals surface area (Å²) in [7, 11) is 0. The molecule has 6 nitrogen and oxygen atoms in total. The summed E-state index contributed by atoms with van der Waals surface area (Å²) in [6.45, 7) is 10.5. The molecule has 1 aromatic heterocycles. The lowest BCUT2D eigenvalue weighted by Gasteiger charge is -2.32. The van der Waals surface area contributed by atoms with Gasteiger partial charge in [0, 0.05) is 51.1 Å². The number of aromatic nitrogens is 2. The van der Waals surface area contributed by atoms with Gasteiger partial charge in [0.25, 0.3) is 0 Å². The monoisotopic (exact) mass is 519 g/mol. The number of fused-ring (bicyclic) bond motifs is 2. The Hall–Kier alpha value is -3.77. The Labute approximate surface area is 231 Å². The van der Waals surface area contributed by atoms with Crippen molar-refractivity contribution < 1.29 is 4.79 Å². The van der Waals surface area contributed by atoms with E-state index in [1.165, 1.54) is 33.4 Å². The number of nitrogens with one attached hydrogen (secondary N) is 1. The number of nitrogens with zero attached hydrogens (tertiary/aromatic N) is 4. The van der Waals surface area contributed by atoms with Crippen molar-refractivity contribution in [2.75, 3.05) is 25.0 Å². The van der Waals surface area contributed by atoms with E-state index in [0.717, 1.165) is 68.0 Å². The van der Waals surface area contributed by atoms with Crippen molar-refractivity contribution in [1.29, 1.82) is 0 Å². The second kappa shape index (κ2) is 10.8. The minimum absolute atomic E-state index is 0.141. The third-order valence-electron chi connectivity index (χ3n) is 8.36. The Bertz CT molecular complexity index is 1510. The molecule has 3 heterocycles. The van der Waals surface area contributed by atoms with Gasteiger partial charge in [-0.1, -0.05) is 54.1 Å². The van der Waals surface area contributed by atoms with Crippen LogP contribution >= 0.6 is 0 Å². The van der Waals surface area contributed by atoms with E-state index >= 15 is 0 Å². The van der Waals surface area contributed by atoms with Crippen LogP contribution in [0.1, 0.15) is 47.7 Å². The van der Waals surface area contributed by atoms with Crippen molar-refractivity contribution >= 4 is 22.8 Å². The number of carbonyl (C=O) groups is 1. The molecular formula is C33H37N5O. The summed E-state index contributed by atoms with van der Waals surface area (Å²) in [6.07, 6.45) is 3.06. The second-order valence-electron chi connectivity index (χ2n) is 11.2. The predicted molar refractivity (Wildman–Crippen MR) is 158 cm³/mol. The molecule has 0 aliphatic carbocycles. The first kappa shape index (κ1) is 25.5. The van der Waals surface area contributed by atoms with Gasteiger partial charge in [-0.15, -0.1) is 0 Å². The number of piperidine rings is 1. The fourth-order valence-electron chi connectivity index (χ4n) is 6.03. The molecule has 0 bridgehead atoms. The molecule has 1 saturated heterocycles. The maximum Gasteiger partial charge on any atom is 0.223 e. The summed E-state index contributed by atoms with van der Waals surface area (Å²) >= 11 is 0. The van der Waals surface area contributed by atoms with Crippen molar-refractivity contribution in [3.63, 3.8) is 0 Å². The molecule has 6 rings (SSSR count). The lowest BCUT2D eigenvalue weighted by molar-refractivity contribution is -0.129. The number of rotatable bonds is 5. The molecule has 0 unspecified atom stereocenters. The summed E-state index contributed by atoms with van der Waals surface area (Å²) in [6, 6.07) is 22.2. The zero-order valence-corrected chi connectivity index (χ0v) is 23.2. The van der Waals surface area contributed by atoms with Gasteiger partial charge < -0.3 is 10.2 Å². The number of benzene rings is 3. The van der Waals surface area contributed by atoms with Gasteiger partial charge in [-0.05, 0) is 73.1 Å². The number of amides is 1. The van der Waals surface area contributed by atoms with Crippen molar-refractivity contribution in [3.8, 4) is 11.1 Å². The average molecular weight is 520 g/mol. The zero-order valence-electron chi connectivity index (χ0n) is 23.2. The van der Waals surface area contributed by atoms with Gasteiger partial charge in [-0.3, -0.25) is 9.69 Å². The van der Waals surface area contributed by atoms with Crippen LogP contribution < -0.4 is 5.32 Å². The minimum Gasteiger partial charge on any atom is -0.351 e. The lowest BCUT2D eigenvalue weighted by atomic mass is 9.90. The first-order valence-corrected chi connectivity index (χ1v) is 14.1. The molecule has 39 heavy (non-hydrogen) atoms. The van der Waals surface area contributed by atoms with Crippen LogP contribution in [0.25, 0.3) is 22.0 Å². The van der Waals surface area contributed by atoms with E-state index in [4.69, 9.17) is 9.97 Å². The summed E-state index contributed by atoms with van der Waals surface area (Å²) in [5.41, 5.74) is 9.68. The summed E-state index contributed by atoms with van der Waals surface area (Å²) < 4.78 is 0. The van der Waals surface area contributed by atoms with Gasteiger partial charge >= 0.3 is 0 Å². The maximum atomic E-state index is 11.9. The van der Waals surface area contributed by atoms with Crippen LogP contribution in [0.15, 0.2) is 60.7 Å². The number of aryl methyl sites for hydroxylation is 2. The third-order valence-corrected chi connectivity index (χ3v) is 8.36. The van der Waals surface area contributed by atoms with Crippen LogP contribution in [-0.2, 0) is 24.3 Å². The van der Waals surface area contributed by atoms with E-state index in [0.29, 0.717) is 12.6 Å². The molecule has 2 aliphatic rings. The van der Waals surface area contributed by atoms with E-state index in [9.17, 15) is 4.79 Å². The van der Waals surface area contributed by atoms with Crippen molar-refractivity contribution in [3.05, 3.63) is 88.6 Å². The van der Waals surface area contributed by atoms with Gasteiger partial charge in [0.05, 0.1) is 11.2 Å². The predicted octanol–water partition coefficient (Wildman–Crippen LogP) is 5.89. The highest BCUT2D eigenvalue weighted by molar-refractivity contribution is 5.88. The highest BCUT2D eigenvalue weighted by atomic mass is 16.2. The Kier molecular flexibility index (Phi) is 7.05. The number of carbonyl (C=O) groups excluding carboxylic acids is 1. The number of anilines is 1. The van der Waals surface area contributed by atoms with E-state index in [-0.39, 0.29) is 5.91 Å². The third kappa shape index (κ3) is 5.52. The molecule has 0 saturated carbocycles. The highest BCUT2D eigenvalue weighted by Crippen LogP contribution is 2.33. The van der Waals surface area contributed by atoms with Crippen LogP contribution in [0.2, 0.25) is 0 Å². The quantitative estimate of drug-likeness (QED) is 0.356. The largest absolute Gasteiger partial charge is 0.351 e. The lowest BCUT2D eigenvalue weighted by Crippen LogP contribution is -2.39. The number of hydrogen-bond acceptors (Lipinski definition) is 5. The Balaban J connectivity index is 1.15. The van der Waals surface area contributed by atoms with Crippen molar-refractivity contribution in [2.45, 2.75) is 59.2 Å². The van der Waals surface area contributed by atoms with E-state index in [1.807, 2.05) is 4.90 Å². The van der Waals surface area contributed by atoms with Crippen LogP contribution in [0, 0.1) is 13.8 Å². The number of likely N-dealkylation sites (tertiary alicyclic amines) is 1. The van der Waals surface area contributed by atoms with Gasteiger partial charge in [-0.2, -0.15) is 0 Å². The standard InChI is InChI=1S/C33H37N5O/c1-22-7-9-25(10-8-22)20-37-16-13-28(14-17-37)35-33-34-23(2)31-19-26(11-12-32(31)36-33)29-6-4-5-27-21-38(24(3)39)18-15-30(27)29/h4-12,19,28H,13-18,20-21H2,1-3H3,(H,34,35,36). The summed E-state index contributed by atoms with van der Waals surface area (Å²) in [5.74, 6) is 0.868. The molecule has 1 fully saturated rings. The molecule has 0 radical (unpaired) electrons. The SMILES string of the molecule is CC(=O)N1CCc2c(cccc2-c2ccc3nc(NC4CCN(Cc5ccc(C)cc5)CC4)nc(C)c3c2)C1. The molecule has 1 N–H and O–H groups in total. The topological polar surface area (TPSA) is 61.4 Å². The van der Waals surface area contributed by atoms with Crippen molar-refractivity contribution in [2.24, 2.45) is 0 Å². The van der Waals surface area contributed by atoms with Crippen LogP contribution in [-0.4, -0.2) is 51.4 Å². The van der Waals surface area contributed by atoms with E-state index in [1.54, 1.807) is 6.92 Å². The average Bonchev–Trinajstić information content (AvgIpc) is 2.94. The second-order valence-corrected chi connectivity index (χ2v) is 11.2. The van der Waals surface area contributed by atoms with Crippen molar-refractivity contribution in [1.82, 2.24) is 19.8 Å². The fourth-order valence-corrected chi connectivity index (χ4v) is 6.03. The Morgan fingerprint density at radius 3 is 2.54 bits per heavy atom. The molecule has 3 aromatic carbocycles. The normalized spacial score (nSPS) is 16.3. The Morgan fingerprint density at radius 1 is 0.974 bits per heavy atom. The zero-order chi connectivity index (χ0) is 26.9. The molecule has 0 spiro atoms. The molecule has 6 heteroatoms. The fraction of sp³-hybridized carbons (Fsp3) is 0.364. The molecule has 0 atom stereocenters. The van der Waals surface area contributed by atoms with Crippen LogP contribution in [0.5, 0.6) is 0 Å². The first-order chi connectivity index (χ1) is 18.9. The first-order valence-electron chi connectivity index (χ1n) is 14.1.